The number of unbranched alkanes of at least 4 members (excludes halogenated alkanes) is 10. The van der Waals surface area contributed by atoms with E-state index in [2.05, 4.69) is 19.2 Å². The summed E-state index contributed by atoms with van der Waals surface area (Å²) in [6, 6.07) is 20.9. The number of nitrogens with one attached hydrogen (secondary N) is 1. The molecule has 3 aromatic rings. The number of carbonyl (C=O) groups excluding carboxylic acids is 2. The van der Waals surface area contributed by atoms with Crippen LogP contribution in [0.2, 0.25) is 0 Å². The van der Waals surface area contributed by atoms with E-state index in [0.29, 0.717) is 35.8 Å². The molecule has 0 aliphatic heterocycles. The summed E-state index contributed by atoms with van der Waals surface area (Å²) in [5.41, 5.74) is 1.48. The molecular formula is C36H47NO5. The molecule has 1 N–H and O–H groups in total. The lowest BCUT2D eigenvalue weighted by Crippen LogP contribution is -2.12. The van der Waals surface area contributed by atoms with Gasteiger partial charge in [0.2, 0.25) is 0 Å². The largest absolute Gasteiger partial charge is 0.494 e. The highest BCUT2D eigenvalue weighted by molar-refractivity contribution is 6.04. The monoisotopic (exact) mass is 573 g/mol. The molecule has 3 aromatic carbocycles. The van der Waals surface area contributed by atoms with Crippen LogP contribution in [0.4, 0.5) is 5.69 Å². The van der Waals surface area contributed by atoms with Crippen molar-refractivity contribution in [3.8, 4) is 17.2 Å². The number of esters is 1. The van der Waals surface area contributed by atoms with Gasteiger partial charge in [-0.3, -0.25) is 4.79 Å². The summed E-state index contributed by atoms with van der Waals surface area (Å²) in [4.78, 5) is 25.5. The Morgan fingerprint density at radius 3 is 1.62 bits per heavy atom. The summed E-state index contributed by atoms with van der Waals surface area (Å²) in [7, 11) is 0. The number of ether oxygens (including phenoxy) is 3. The van der Waals surface area contributed by atoms with Gasteiger partial charge in [0.1, 0.15) is 17.2 Å². The third kappa shape index (κ3) is 12.4. The van der Waals surface area contributed by atoms with Crippen LogP contribution in [-0.4, -0.2) is 25.1 Å². The first-order valence-corrected chi connectivity index (χ1v) is 15.7. The maximum absolute atomic E-state index is 12.8. The molecule has 6 nitrogen and oxygen atoms in total. The summed E-state index contributed by atoms with van der Waals surface area (Å²) in [5.74, 6) is 1.11. The normalized spacial score (nSPS) is 10.7. The predicted molar refractivity (Wildman–Crippen MR) is 170 cm³/mol. The first-order valence-electron chi connectivity index (χ1n) is 15.7. The van der Waals surface area contributed by atoms with E-state index in [9.17, 15) is 9.59 Å². The average molecular weight is 574 g/mol. The second-order valence-electron chi connectivity index (χ2n) is 10.7. The summed E-state index contributed by atoms with van der Waals surface area (Å²) in [6.45, 7) is 5.79. The Kier molecular flexibility index (Phi) is 15.1. The van der Waals surface area contributed by atoms with Crippen LogP contribution in [-0.2, 0) is 0 Å². The van der Waals surface area contributed by atoms with Gasteiger partial charge >= 0.3 is 5.97 Å². The van der Waals surface area contributed by atoms with Gasteiger partial charge in [0.05, 0.1) is 18.8 Å². The van der Waals surface area contributed by atoms with Gasteiger partial charge in [-0.25, -0.2) is 4.79 Å². The fourth-order valence-electron chi connectivity index (χ4n) is 4.54. The van der Waals surface area contributed by atoms with E-state index in [1.54, 1.807) is 60.7 Å². The van der Waals surface area contributed by atoms with Crippen molar-refractivity contribution in [2.75, 3.05) is 18.5 Å². The lowest BCUT2D eigenvalue weighted by Gasteiger charge is -2.10. The van der Waals surface area contributed by atoms with Crippen LogP contribution in [0.1, 0.15) is 112 Å². The van der Waals surface area contributed by atoms with Gasteiger partial charge in [0.25, 0.3) is 5.91 Å². The molecule has 0 heterocycles. The average Bonchev–Trinajstić information content (AvgIpc) is 3.01. The molecule has 0 atom stereocenters. The highest BCUT2D eigenvalue weighted by atomic mass is 16.5. The molecule has 3 rings (SSSR count). The van der Waals surface area contributed by atoms with Gasteiger partial charge < -0.3 is 19.5 Å². The minimum Gasteiger partial charge on any atom is -0.494 e. The van der Waals surface area contributed by atoms with E-state index in [4.69, 9.17) is 14.2 Å². The quantitative estimate of drug-likeness (QED) is 0.0827. The van der Waals surface area contributed by atoms with Gasteiger partial charge in [-0.1, -0.05) is 84.1 Å². The maximum Gasteiger partial charge on any atom is 0.343 e. The highest BCUT2D eigenvalue weighted by Gasteiger charge is 2.11. The molecule has 0 saturated heterocycles. The maximum atomic E-state index is 12.8. The summed E-state index contributed by atoms with van der Waals surface area (Å²) < 4.78 is 17.2. The van der Waals surface area contributed by atoms with Crippen LogP contribution in [0, 0.1) is 0 Å². The highest BCUT2D eigenvalue weighted by Crippen LogP contribution is 2.21. The summed E-state index contributed by atoms with van der Waals surface area (Å²) in [5, 5.41) is 2.87. The van der Waals surface area contributed by atoms with Crippen molar-refractivity contribution in [1.29, 1.82) is 0 Å². The Morgan fingerprint density at radius 2 is 1.07 bits per heavy atom. The zero-order valence-corrected chi connectivity index (χ0v) is 25.4. The lowest BCUT2D eigenvalue weighted by molar-refractivity contribution is 0.0734. The second kappa shape index (κ2) is 19.3. The van der Waals surface area contributed by atoms with Crippen molar-refractivity contribution in [2.45, 2.75) is 90.9 Å². The van der Waals surface area contributed by atoms with Gasteiger partial charge in [0.15, 0.2) is 0 Å². The van der Waals surface area contributed by atoms with Crippen molar-refractivity contribution in [3.63, 3.8) is 0 Å². The third-order valence-corrected chi connectivity index (χ3v) is 7.04. The Bertz CT molecular complexity index is 1100. The molecule has 1 amide bonds. The molecule has 226 valence electrons. The van der Waals surface area contributed by atoms with E-state index in [1.807, 2.05) is 12.1 Å². The Balaban J connectivity index is 1.41. The summed E-state index contributed by atoms with van der Waals surface area (Å²) in [6.07, 6.45) is 14.6. The van der Waals surface area contributed by atoms with E-state index in [0.717, 1.165) is 24.3 Å². The molecule has 6 heteroatoms. The molecule has 0 bridgehead atoms. The van der Waals surface area contributed by atoms with E-state index in [1.165, 1.54) is 64.2 Å². The Morgan fingerprint density at radius 1 is 0.571 bits per heavy atom. The summed E-state index contributed by atoms with van der Waals surface area (Å²) >= 11 is 0. The van der Waals surface area contributed by atoms with Crippen molar-refractivity contribution >= 4 is 17.6 Å². The van der Waals surface area contributed by atoms with E-state index < -0.39 is 5.97 Å². The lowest BCUT2D eigenvalue weighted by atomic mass is 10.1. The molecular weight excluding hydrogens is 526 g/mol. The minimum absolute atomic E-state index is 0.252. The van der Waals surface area contributed by atoms with Crippen LogP contribution < -0.4 is 19.5 Å². The number of amides is 1. The molecule has 0 spiro atoms. The Hall–Kier alpha value is -3.80. The van der Waals surface area contributed by atoms with Crippen molar-refractivity contribution in [2.24, 2.45) is 0 Å². The topological polar surface area (TPSA) is 73.9 Å². The molecule has 0 saturated carbocycles. The second-order valence-corrected chi connectivity index (χ2v) is 10.7. The minimum atomic E-state index is -0.475. The van der Waals surface area contributed by atoms with Crippen molar-refractivity contribution in [1.82, 2.24) is 0 Å². The van der Waals surface area contributed by atoms with Gasteiger partial charge in [-0.15, -0.1) is 0 Å². The molecule has 0 aliphatic rings. The van der Waals surface area contributed by atoms with Crippen molar-refractivity contribution in [3.05, 3.63) is 83.9 Å². The molecule has 42 heavy (non-hydrogen) atoms. The van der Waals surface area contributed by atoms with Gasteiger partial charge in [0, 0.05) is 17.3 Å². The number of rotatable bonds is 20. The number of anilines is 1. The van der Waals surface area contributed by atoms with Gasteiger partial charge in [-0.2, -0.15) is 0 Å². The van der Waals surface area contributed by atoms with E-state index in [-0.39, 0.29) is 5.91 Å². The van der Waals surface area contributed by atoms with Crippen LogP contribution in [0.15, 0.2) is 72.8 Å². The molecule has 0 fully saturated rings. The molecule has 0 aliphatic carbocycles. The SMILES string of the molecule is CCCCCCCCOc1ccc(C(=O)Nc2cccc(OC(=O)c3ccc(OCCCCCCCC)cc3)c2)cc1. The zero-order valence-electron chi connectivity index (χ0n) is 25.4. The van der Waals surface area contributed by atoms with Crippen LogP contribution in [0.5, 0.6) is 17.2 Å². The number of hydrogen-bond acceptors (Lipinski definition) is 5. The molecule has 0 radical (unpaired) electrons. The first kappa shape index (κ1) is 32.7. The standard InChI is InChI=1S/C36H47NO5/c1-3-5-7-9-11-13-26-40-32-22-18-29(19-23-32)35(38)37-31-16-15-17-34(28-31)42-36(39)30-20-24-33(25-21-30)41-27-14-12-10-8-6-4-2/h15-25,28H,3-14,26-27H2,1-2H3,(H,37,38). The molecule has 0 unspecified atom stereocenters. The zero-order chi connectivity index (χ0) is 29.8. The number of carbonyl (C=O) groups is 2. The fraction of sp³-hybridized carbons (Fsp3) is 0.444. The van der Waals surface area contributed by atoms with Crippen LogP contribution in [0.25, 0.3) is 0 Å². The number of benzene rings is 3. The smallest absolute Gasteiger partial charge is 0.343 e. The van der Waals surface area contributed by atoms with Crippen LogP contribution >= 0.6 is 0 Å². The predicted octanol–water partition coefficient (Wildman–Crippen LogP) is 9.64. The van der Waals surface area contributed by atoms with Gasteiger partial charge in [-0.05, 0) is 73.5 Å². The fourth-order valence-corrected chi connectivity index (χ4v) is 4.54. The Labute approximate surface area is 251 Å². The van der Waals surface area contributed by atoms with E-state index >= 15 is 0 Å². The van der Waals surface area contributed by atoms with Crippen LogP contribution in [0.3, 0.4) is 0 Å². The van der Waals surface area contributed by atoms with Crippen molar-refractivity contribution < 1.29 is 23.8 Å². The molecule has 0 aromatic heterocycles. The number of hydrogen-bond donors (Lipinski definition) is 1. The first-order chi connectivity index (χ1) is 20.6. The third-order valence-electron chi connectivity index (χ3n) is 7.04.